The summed E-state index contributed by atoms with van der Waals surface area (Å²) in [5.41, 5.74) is 0. The van der Waals surface area contributed by atoms with Crippen molar-refractivity contribution in [2.75, 3.05) is 18.1 Å². The van der Waals surface area contributed by atoms with Crippen molar-refractivity contribution in [1.82, 2.24) is 0 Å². The van der Waals surface area contributed by atoms with Gasteiger partial charge in [-0.1, -0.05) is 6.92 Å². The van der Waals surface area contributed by atoms with Crippen molar-refractivity contribution in [2.45, 2.75) is 29.6 Å². The van der Waals surface area contributed by atoms with Crippen molar-refractivity contribution >= 4 is 21.6 Å². The van der Waals surface area contributed by atoms with E-state index in [2.05, 4.69) is 0 Å². The zero-order valence-corrected chi connectivity index (χ0v) is 11.6. The molecule has 0 amide bonds. The average molecular weight is 274 g/mol. The molecule has 0 fully saturated rings. The normalized spacial score (nSPS) is 11.6. The van der Waals surface area contributed by atoms with Gasteiger partial charge >= 0.3 is 0 Å². The summed E-state index contributed by atoms with van der Waals surface area (Å²) in [4.78, 5) is 1.43. The third-order valence-corrected chi connectivity index (χ3v) is 5.26. The van der Waals surface area contributed by atoms with Crippen LogP contribution in [-0.2, 0) is 9.84 Å². The number of sulfone groups is 1. The van der Waals surface area contributed by atoms with Crippen LogP contribution in [-0.4, -0.2) is 31.6 Å². The van der Waals surface area contributed by atoms with Gasteiger partial charge in [-0.05, 0) is 37.1 Å². The quantitative estimate of drug-likeness (QED) is 0.612. The minimum absolute atomic E-state index is 0.190. The third-order valence-electron chi connectivity index (χ3n) is 2.23. The predicted octanol–water partition coefficient (Wildman–Crippen LogP) is 2.34. The molecule has 0 atom stereocenters. The van der Waals surface area contributed by atoms with Crippen molar-refractivity contribution in [3.63, 3.8) is 0 Å². The molecule has 1 aromatic rings. The Labute approximate surface area is 107 Å². The van der Waals surface area contributed by atoms with E-state index in [1.54, 1.807) is 23.9 Å². The van der Waals surface area contributed by atoms with Crippen molar-refractivity contribution < 1.29 is 13.5 Å². The van der Waals surface area contributed by atoms with Gasteiger partial charge in [0.05, 0.1) is 10.6 Å². The lowest BCUT2D eigenvalue weighted by Gasteiger charge is -2.04. The van der Waals surface area contributed by atoms with Crippen LogP contribution >= 0.6 is 11.8 Å². The monoisotopic (exact) mass is 274 g/mol. The second kappa shape index (κ2) is 7.03. The second-order valence-electron chi connectivity index (χ2n) is 3.72. The first kappa shape index (κ1) is 14.5. The molecule has 0 aromatic heterocycles. The van der Waals surface area contributed by atoms with Crippen LogP contribution in [0.3, 0.4) is 0 Å². The molecular formula is C12H18O3S2. The number of aliphatic hydroxyl groups is 1. The molecule has 0 aliphatic rings. The van der Waals surface area contributed by atoms with Crippen molar-refractivity contribution in [2.24, 2.45) is 0 Å². The Hall–Kier alpha value is -0.520. The summed E-state index contributed by atoms with van der Waals surface area (Å²) >= 11 is 1.62. The number of hydrogen-bond donors (Lipinski definition) is 1. The molecule has 1 N–H and O–H groups in total. The molecule has 3 nitrogen and oxygen atoms in total. The lowest BCUT2D eigenvalue weighted by atomic mass is 10.4. The highest BCUT2D eigenvalue weighted by molar-refractivity contribution is 7.99. The van der Waals surface area contributed by atoms with Crippen LogP contribution in [0.15, 0.2) is 34.1 Å². The molecule has 0 heterocycles. The Morgan fingerprint density at radius 2 is 1.88 bits per heavy atom. The molecule has 0 unspecified atom stereocenters. The lowest BCUT2D eigenvalue weighted by molar-refractivity contribution is 0.296. The van der Waals surface area contributed by atoms with E-state index in [4.69, 9.17) is 5.11 Å². The topological polar surface area (TPSA) is 54.4 Å². The Balaban J connectivity index is 2.68. The highest BCUT2D eigenvalue weighted by Crippen LogP contribution is 2.21. The molecule has 1 rings (SSSR count). The van der Waals surface area contributed by atoms with Crippen LogP contribution in [0.4, 0.5) is 0 Å². The van der Waals surface area contributed by atoms with Crippen LogP contribution < -0.4 is 0 Å². The first-order chi connectivity index (χ1) is 8.10. The molecule has 0 bridgehead atoms. The van der Waals surface area contributed by atoms with E-state index in [0.29, 0.717) is 11.3 Å². The molecule has 0 saturated heterocycles. The molecule has 17 heavy (non-hydrogen) atoms. The molecular weight excluding hydrogens is 256 g/mol. The van der Waals surface area contributed by atoms with E-state index in [-0.39, 0.29) is 12.4 Å². The maximum atomic E-state index is 11.8. The Kier molecular flexibility index (Phi) is 6.02. The zero-order valence-electron chi connectivity index (χ0n) is 9.93. The van der Waals surface area contributed by atoms with Crippen LogP contribution in [0.25, 0.3) is 0 Å². The molecule has 0 radical (unpaired) electrons. The number of aliphatic hydroxyl groups excluding tert-OH is 1. The van der Waals surface area contributed by atoms with Crippen molar-refractivity contribution in [3.05, 3.63) is 24.3 Å². The van der Waals surface area contributed by atoms with Gasteiger partial charge in [0.15, 0.2) is 9.84 Å². The fourth-order valence-electron chi connectivity index (χ4n) is 1.38. The third kappa shape index (κ3) is 4.69. The van der Waals surface area contributed by atoms with Crippen LogP contribution in [0.5, 0.6) is 0 Å². The summed E-state index contributed by atoms with van der Waals surface area (Å²) in [6.07, 6.45) is 1.38. The van der Waals surface area contributed by atoms with Gasteiger partial charge in [0.1, 0.15) is 0 Å². The Bertz CT molecular complexity index is 424. The maximum absolute atomic E-state index is 11.8. The summed E-state index contributed by atoms with van der Waals surface area (Å²) in [7, 11) is -3.10. The van der Waals surface area contributed by atoms with Crippen LogP contribution in [0.1, 0.15) is 19.8 Å². The van der Waals surface area contributed by atoms with Gasteiger partial charge in [0, 0.05) is 17.3 Å². The van der Waals surface area contributed by atoms with Gasteiger partial charge in [-0.3, -0.25) is 0 Å². The SMILES string of the molecule is CCCS(=O)(=O)c1ccc(SCCCO)cc1. The van der Waals surface area contributed by atoms with Gasteiger partial charge in [-0.2, -0.15) is 0 Å². The zero-order chi connectivity index (χ0) is 12.7. The summed E-state index contributed by atoms with van der Waals surface area (Å²) in [6, 6.07) is 6.97. The van der Waals surface area contributed by atoms with E-state index >= 15 is 0 Å². The molecule has 0 aliphatic heterocycles. The van der Waals surface area contributed by atoms with E-state index < -0.39 is 9.84 Å². The Morgan fingerprint density at radius 3 is 2.41 bits per heavy atom. The first-order valence-corrected chi connectivity index (χ1v) is 8.30. The molecule has 0 saturated carbocycles. The lowest BCUT2D eigenvalue weighted by Crippen LogP contribution is -2.05. The van der Waals surface area contributed by atoms with E-state index in [1.807, 2.05) is 19.1 Å². The van der Waals surface area contributed by atoms with Crippen molar-refractivity contribution in [3.8, 4) is 0 Å². The Morgan fingerprint density at radius 1 is 1.24 bits per heavy atom. The fourth-order valence-corrected chi connectivity index (χ4v) is 3.55. The number of thioether (sulfide) groups is 1. The summed E-state index contributed by atoms with van der Waals surface area (Å²) < 4.78 is 23.5. The molecule has 0 aliphatic carbocycles. The average Bonchev–Trinajstić information content (AvgIpc) is 2.30. The van der Waals surface area contributed by atoms with Gasteiger partial charge in [-0.15, -0.1) is 11.8 Å². The van der Waals surface area contributed by atoms with Crippen LogP contribution in [0, 0.1) is 0 Å². The van der Waals surface area contributed by atoms with Crippen molar-refractivity contribution in [1.29, 1.82) is 0 Å². The number of rotatable bonds is 7. The van der Waals surface area contributed by atoms with Gasteiger partial charge in [0.25, 0.3) is 0 Å². The molecule has 0 spiro atoms. The second-order valence-corrected chi connectivity index (χ2v) is 6.99. The van der Waals surface area contributed by atoms with Gasteiger partial charge in [0.2, 0.25) is 0 Å². The molecule has 1 aromatic carbocycles. The maximum Gasteiger partial charge on any atom is 0.178 e. The highest BCUT2D eigenvalue weighted by Gasteiger charge is 2.12. The van der Waals surface area contributed by atoms with Gasteiger partial charge < -0.3 is 5.11 Å². The van der Waals surface area contributed by atoms with E-state index in [0.717, 1.165) is 17.1 Å². The summed E-state index contributed by atoms with van der Waals surface area (Å²) in [5, 5.41) is 8.66. The number of hydrogen-bond acceptors (Lipinski definition) is 4. The predicted molar refractivity (Wildman–Crippen MR) is 71.2 cm³/mol. The fraction of sp³-hybridized carbons (Fsp3) is 0.500. The van der Waals surface area contributed by atoms with Gasteiger partial charge in [-0.25, -0.2) is 8.42 Å². The minimum Gasteiger partial charge on any atom is -0.396 e. The smallest absolute Gasteiger partial charge is 0.178 e. The standard InChI is InChI=1S/C12H18O3S2/c1-2-10-17(14,15)12-6-4-11(5-7-12)16-9-3-8-13/h4-7,13H,2-3,8-10H2,1H3. The highest BCUT2D eigenvalue weighted by atomic mass is 32.2. The summed E-state index contributed by atoms with van der Waals surface area (Å²) in [5.74, 6) is 1.04. The first-order valence-electron chi connectivity index (χ1n) is 5.66. The minimum atomic E-state index is -3.10. The summed E-state index contributed by atoms with van der Waals surface area (Å²) in [6.45, 7) is 2.05. The largest absolute Gasteiger partial charge is 0.396 e. The molecule has 5 heteroatoms. The van der Waals surface area contributed by atoms with E-state index in [9.17, 15) is 8.42 Å². The number of benzene rings is 1. The molecule has 96 valence electrons. The van der Waals surface area contributed by atoms with Crippen LogP contribution in [0.2, 0.25) is 0 Å². The van der Waals surface area contributed by atoms with E-state index in [1.165, 1.54) is 0 Å².